The second-order valence-electron chi connectivity index (χ2n) is 7.86. The van der Waals surface area contributed by atoms with Crippen LogP contribution in [0.2, 0.25) is 0 Å². The molecule has 38 heavy (non-hydrogen) atoms. The molecule has 1 aliphatic heterocycles. The van der Waals surface area contributed by atoms with Crippen molar-refractivity contribution in [3.63, 3.8) is 0 Å². The van der Waals surface area contributed by atoms with Crippen LogP contribution in [-0.4, -0.2) is 28.4 Å². The van der Waals surface area contributed by atoms with Crippen LogP contribution in [-0.2, 0) is 21.9 Å². The highest BCUT2D eigenvalue weighted by Crippen LogP contribution is 2.33. The van der Waals surface area contributed by atoms with E-state index < -0.39 is 40.5 Å². The van der Waals surface area contributed by atoms with Gasteiger partial charge in [0.25, 0.3) is 0 Å². The molecule has 1 saturated heterocycles. The van der Waals surface area contributed by atoms with E-state index in [-0.39, 0.29) is 34.4 Å². The lowest BCUT2D eigenvalue weighted by atomic mass is 10.1. The molecule has 4 rings (SSSR count). The van der Waals surface area contributed by atoms with E-state index in [1.165, 1.54) is 36.5 Å². The first-order valence-corrected chi connectivity index (χ1v) is 11.6. The first-order valence-electron chi connectivity index (χ1n) is 10.7. The average Bonchev–Trinajstić information content (AvgIpc) is 3.45. The van der Waals surface area contributed by atoms with Crippen molar-refractivity contribution >= 4 is 40.6 Å². The molecule has 198 valence electrons. The molecule has 2 amide bonds. The zero-order valence-corrected chi connectivity index (χ0v) is 19.7. The number of carbonyl (C=O) groups is 2. The molecule has 3 aromatic rings. The Morgan fingerprint density at radius 1 is 1.00 bits per heavy atom. The summed E-state index contributed by atoms with van der Waals surface area (Å²) in [6, 6.07) is 11.7. The Morgan fingerprint density at radius 2 is 1.68 bits per heavy atom. The summed E-state index contributed by atoms with van der Waals surface area (Å²) in [4.78, 5) is 24.4. The zero-order chi connectivity index (χ0) is 27.5. The van der Waals surface area contributed by atoms with Crippen LogP contribution in [0.1, 0.15) is 23.3 Å². The SMILES string of the molecule is O=C(CC1S/C(=N/N=C/c2ccc(-c3cccc(C(F)(F)F)c3)o2)NC1=O)Nc1cccc(C(F)(F)F)c1. The molecule has 2 heterocycles. The minimum Gasteiger partial charge on any atom is -0.455 e. The Morgan fingerprint density at radius 3 is 2.39 bits per heavy atom. The molecule has 0 radical (unpaired) electrons. The Bertz CT molecular complexity index is 1410. The van der Waals surface area contributed by atoms with Crippen LogP contribution in [0, 0.1) is 0 Å². The quantitative estimate of drug-likeness (QED) is 0.224. The van der Waals surface area contributed by atoms with Gasteiger partial charge < -0.3 is 15.1 Å². The maximum Gasteiger partial charge on any atom is 0.416 e. The molecule has 2 N–H and O–H groups in total. The van der Waals surface area contributed by atoms with Crippen LogP contribution in [0.25, 0.3) is 11.3 Å². The summed E-state index contributed by atoms with van der Waals surface area (Å²) < 4.78 is 82.7. The van der Waals surface area contributed by atoms with Crippen LogP contribution in [0.4, 0.5) is 32.0 Å². The maximum atomic E-state index is 12.9. The number of furan rings is 1. The van der Waals surface area contributed by atoms with E-state index >= 15 is 0 Å². The fourth-order valence-corrected chi connectivity index (χ4v) is 4.23. The van der Waals surface area contributed by atoms with E-state index in [2.05, 4.69) is 20.8 Å². The predicted octanol–water partition coefficient (Wildman–Crippen LogP) is 5.93. The minimum absolute atomic E-state index is 0.0605. The van der Waals surface area contributed by atoms with Gasteiger partial charge in [-0.3, -0.25) is 9.59 Å². The molecule has 1 fully saturated rings. The number of thioether (sulfide) groups is 1. The highest BCUT2D eigenvalue weighted by molar-refractivity contribution is 8.15. The average molecular weight is 554 g/mol. The number of carbonyl (C=O) groups excluding carboxylic acids is 2. The normalized spacial score (nSPS) is 17.3. The Labute approximate surface area is 215 Å². The standard InChI is InChI=1S/C24H16F6N4O3S/c25-23(26,27)14-4-1-3-13(9-14)18-8-7-17(37-18)12-31-34-22-33-21(36)19(38-22)11-20(35)32-16-6-2-5-15(10-16)24(28,29)30/h1-10,12,19H,11H2,(H,32,35)(H,33,34,36)/b31-12+. The summed E-state index contributed by atoms with van der Waals surface area (Å²) in [6.07, 6.45) is -8.20. The fourth-order valence-electron chi connectivity index (χ4n) is 3.30. The molecule has 14 heteroatoms. The zero-order valence-electron chi connectivity index (χ0n) is 18.9. The van der Waals surface area contributed by atoms with Crippen LogP contribution in [0.5, 0.6) is 0 Å². The van der Waals surface area contributed by atoms with Gasteiger partial charge in [0.15, 0.2) is 5.17 Å². The number of hydrogen-bond acceptors (Lipinski definition) is 6. The van der Waals surface area contributed by atoms with Crippen molar-refractivity contribution in [1.82, 2.24) is 5.32 Å². The third kappa shape index (κ3) is 6.82. The summed E-state index contributed by atoms with van der Waals surface area (Å²) in [7, 11) is 0. The van der Waals surface area contributed by atoms with Gasteiger partial charge in [-0.05, 0) is 42.5 Å². The first-order chi connectivity index (χ1) is 17.9. The molecule has 0 spiro atoms. The molecule has 2 aromatic carbocycles. The van der Waals surface area contributed by atoms with Gasteiger partial charge in [0.05, 0.1) is 17.3 Å². The van der Waals surface area contributed by atoms with E-state index in [0.717, 1.165) is 42.1 Å². The number of rotatable bonds is 6. The van der Waals surface area contributed by atoms with Crippen LogP contribution in [0.3, 0.4) is 0 Å². The number of amidine groups is 1. The molecule has 0 bridgehead atoms. The number of nitrogens with one attached hydrogen (secondary N) is 2. The van der Waals surface area contributed by atoms with Crippen LogP contribution < -0.4 is 10.6 Å². The highest BCUT2D eigenvalue weighted by Gasteiger charge is 2.33. The van der Waals surface area contributed by atoms with Crippen molar-refractivity contribution in [1.29, 1.82) is 0 Å². The summed E-state index contributed by atoms with van der Waals surface area (Å²) in [6.45, 7) is 0. The lowest BCUT2D eigenvalue weighted by Gasteiger charge is -2.10. The fraction of sp³-hybridized carbons (Fsp3) is 0.167. The number of alkyl halides is 6. The summed E-state index contributed by atoms with van der Waals surface area (Å²) >= 11 is 0.904. The molecular formula is C24H16F6N4O3S. The Balaban J connectivity index is 1.34. The molecule has 1 atom stereocenters. The molecule has 0 aliphatic carbocycles. The molecule has 7 nitrogen and oxygen atoms in total. The van der Waals surface area contributed by atoms with Gasteiger partial charge >= 0.3 is 12.4 Å². The third-order valence-corrected chi connectivity index (χ3v) is 6.13. The Kier molecular flexibility index (Phi) is 7.62. The number of halogens is 6. The Hall–Kier alpha value is -4.07. The van der Waals surface area contributed by atoms with Crippen molar-refractivity contribution in [2.75, 3.05) is 5.32 Å². The van der Waals surface area contributed by atoms with E-state index in [9.17, 15) is 35.9 Å². The van der Waals surface area contributed by atoms with Crippen LogP contribution in [0.15, 0.2) is 75.3 Å². The van der Waals surface area contributed by atoms with Gasteiger partial charge in [0, 0.05) is 17.7 Å². The van der Waals surface area contributed by atoms with Crippen molar-refractivity contribution < 1.29 is 40.3 Å². The topological polar surface area (TPSA) is 96.1 Å². The second-order valence-corrected chi connectivity index (χ2v) is 9.05. The van der Waals surface area contributed by atoms with E-state index in [1.807, 2.05) is 0 Å². The molecule has 1 unspecified atom stereocenters. The predicted molar refractivity (Wildman–Crippen MR) is 128 cm³/mol. The molecular weight excluding hydrogens is 538 g/mol. The lowest BCUT2D eigenvalue weighted by Crippen LogP contribution is -2.28. The van der Waals surface area contributed by atoms with Crippen molar-refractivity contribution in [3.8, 4) is 11.3 Å². The third-order valence-electron chi connectivity index (χ3n) is 5.06. The van der Waals surface area contributed by atoms with Gasteiger partial charge in [0.1, 0.15) is 16.8 Å². The summed E-state index contributed by atoms with van der Waals surface area (Å²) in [5.74, 6) is -0.832. The van der Waals surface area contributed by atoms with Crippen molar-refractivity contribution in [2.24, 2.45) is 10.2 Å². The monoisotopic (exact) mass is 554 g/mol. The van der Waals surface area contributed by atoms with Crippen molar-refractivity contribution in [3.05, 3.63) is 77.6 Å². The number of nitrogens with zero attached hydrogens (tertiary/aromatic N) is 2. The first kappa shape index (κ1) is 27.0. The molecule has 1 aliphatic rings. The largest absolute Gasteiger partial charge is 0.455 e. The molecule has 0 saturated carbocycles. The smallest absolute Gasteiger partial charge is 0.416 e. The van der Waals surface area contributed by atoms with E-state index in [0.29, 0.717) is 0 Å². The van der Waals surface area contributed by atoms with Crippen LogP contribution >= 0.6 is 11.8 Å². The van der Waals surface area contributed by atoms with Crippen molar-refractivity contribution in [2.45, 2.75) is 24.0 Å². The number of anilines is 1. The minimum atomic E-state index is -4.57. The molecule has 1 aromatic heterocycles. The summed E-state index contributed by atoms with van der Waals surface area (Å²) in [5.41, 5.74) is -1.58. The van der Waals surface area contributed by atoms with E-state index in [1.54, 1.807) is 0 Å². The van der Waals surface area contributed by atoms with Gasteiger partial charge in [0.2, 0.25) is 11.8 Å². The number of benzene rings is 2. The summed E-state index contributed by atoms with van der Waals surface area (Å²) in [5, 5.41) is 11.6. The van der Waals surface area contributed by atoms with Gasteiger partial charge in [-0.25, -0.2) is 0 Å². The highest BCUT2D eigenvalue weighted by atomic mass is 32.2. The lowest BCUT2D eigenvalue weighted by molar-refractivity contribution is -0.138. The van der Waals surface area contributed by atoms with Gasteiger partial charge in [-0.1, -0.05) is 30.0 Å². The number of amides is 2. The van der Waals surface area contributed by atoms with E-state index in [4.69, 9.17) is 4.42 Å². The van der Waals surface area contributed by atoms with Gasteiger partial charge in [-0.15, -0.1) is 5.10 Å². The van der Waals surface area contributed by atoms with Gasteiger partial charge in [-0.2, -0.15) is 31.4 Å². The number of hydrogen-bond donors (Lipinski definition) is 2. The second kappa shape index (κ2) is 10.7. The maximum absolute atomic E-state index is 12.9.